The zero-order chi connectivity index (χ0) is 19.9. The SMILES string of the molecule is CN(C(=O)n1c(O)ccc1O)c1cccc2c(O)c(NS(C)(=O)=O)ccc12. The number of anilines is 2. The molecule has 3 rings (SSSR count). The van der Waals surface area contributed by atoms with Gasteiger partial charge in [-0.15, -0.1) is 0 Å². The van der Waals surface area contributed by atoms with Crippen LogP contribution in [0.4, 0.5) is 16.2 Å². The fraction of sp³-hybridized carbons (Fsp3) is 0.118. The molecule has 0 saturated carbocycles. The van der Waals surface area contributed by atoms with Gasteiger partial charge in [-0.25, -0.2) is 17.8 Å². The highest BCUT2D eigenvalue weighted by Gasteiger charge is 2.21. The molecule has 142 valence electrons. The van der Waals surface area contributed by atoms with E-state index in [9.17, 15) is 28.5 Å². The van der Waals surface area contributed by atoms with Crippen molar-refractivity contribution in [1.29, 1.82) is 0 Å². The van der Waals surface area contributed by atoms with Crippen molar-refractivity contribution in [2.45, 2.75) is 0 Å². The average Bonchev–Trinajstić information content (AvgIpc) is 2.93. The summed E-state index contributed by atoms with van der Waals surface area (Å²) in [6.07, 6.45) is 0.968. The van der Waals surface area contributed by atoms with Crippen molar-refractivity contribution in [3.05, 3.63) is 42.5 Å². The highest BCUT2D eigenvalue weighted by Crippen LogP contribution is 2.38. The highest BCUT2D eigenvalue weighted by molar-refractivity contribution is 7.92. The number of phenolic OH excluding ortho intramolecular Hbond substituents is 1. The molecule has 27 heavy (non-hydrogen) atoms. The maximum Gasteiger partial charge on any atom is 0.338 e. The molecule has 0 aliphatic carbocycles. The van der Waals surface area contributed by atoms with Gasteiger partial charge in [-0.05, 0) is 18.2 Å². The number of aromatic nitrogens is 1. The maximum atomic E-state index is 12.6. The highest BCUT2D eigenvalue weighted by atomic mass is 32.2. The Labute approximate surface area is 154 Å². The molecule has 0 saturated heterocycles. The second-order valence-corrected chi connectivity index (χ2v) is 7.68. The third-order valence-corrected chi connectivity index (χ3v) is 4.58. The second kappa shape index (κ2) is 6.40. The van der Waals surface area contributed by atoms with Gasteiger partial charge in [0.2, 0.25) is 21.8 Å². The predicted octanol–water partition coefficient (Wildman–Crippen LogP) is 2.23. The van der Waals surface area contributed by atoms with E-state index in [1.165, 1.54) is 30.1 Å². The number of hydrogen-bond acceptors (Lipinski definition) is 6. The van der Waals surface area contributed by atoms with Gasteiger partial charge in [-0.2, -0.15) is 0 Å². The Bertz CT molecular complexity index is 1130. The van der Waals surface area contributed by atoms with Gasteiger partial charge >= 0.3 is 6.03 Å². The normalized spacial score (nSPS) is 11.5. The molecule has 10 heteroatoms. The molecule has 4 N–H and O–H groups in total. The van der Waals surface area contributed by atoms with Crippen molar-refractivity contribution in [2.75, 3.05) is 22.9 Å². The zero-order valence-electron chi connectivity index (χ0n) is 14.4. The average molecular weight is 391 g/mol. The molecule has 9 nitrogen and oxygen atoms in total. The first kappa shape index (κ1) is 18.4. The summed E-state index contributed by atoms with van der Waals surface area (Å²) in [6.45, 7) is 0. The Kier molecular flexibility index (Phi) is 4.36. The van der Waals surface area contributed by atoms with Gasteiger partial charge in [-0.1, -0.05) is 12.1 Å². The van der Waals surface area contributed by atoms with Crippen molar-refractivity contribution >= 4 is 38.2 Å². The third kappa shape index (κ3) is 3.34. The molecule has 1 amide bonds. The number of benzene rings is 2. The van der Waals surface area contributed by atoms with E-state index in [0.717, 1.165) is 10.8 Å². The molecule has 0 unspecified atom stereocenters. The van der Waals surface area contributed by atoms with Crippen molar-refractivity contribution < 1.29 is 28.5 Å². The van der Waals surface area contributed by atoms with E-state index in [4.69, 9.17) is 0 Å². The number of aromatic hydroxyl groups is 3. The number of phenols is 1. The predicted molar refractivity (Wildman–Crippen MR) is 101 cm³/mol. The van der Waals surface area contributed by atoms with Crippen molar-refractivity contribution in [3.8, 4) is 17.5 Å². The Balaban J connectivity index is 2.10. The molecular weight excluding hydrogens is 374 g/mol. The van der Waals surface area contributed by atoms with E-state index >= 15 is 0 Å². The molecule has 2 aromatic carbocycles. The summed E-state index contributed by atoms with van der Waals surface area (Å²) in [5, 5.41) is 30.7. The lowest BCUT2D eigenvalue weighted by Crippen LogP contribution is -2.30. The van der Waals surface area contributed by atoms with Crippen molar-refractivity contribution in [2.24, 2.45) is 0 Å². The zero-order valence-corrected chi connectivity index (χ0v) is 15.2. The summed E-state index contributed by atoms with van der Waals surface area (Å²) in [5.41, 5.74) is 0.392. The molecule has 1 heterocycles. The summed E-state index contributed by atoms with van der Waals surface area (Å²) >= 11 is 0. The van der Waals surface area contributed by atoms with Gasteiger partial charge in [-0.3, -0.25) is 9.62 Å². The number of sulfonamides is 1. The molecule has 0 aliphatic rings. The molecule has 0 bridgehead atoms. The Morgan fingerprint density at radius 1 is 1.00 bits per heavy atom. The van der Waals surface area contributed by atoms with Crippen LogP contribution in [0.15, 0.2) is 42.5 Å². The fourth-order valence-electron chi connectivity index (χ4n) is 2.76. The van der Waals surface area contributed by atoms with Gasteiger partial charge in [0.05, 0.1) is 17.6 Å². The first-order valence-corrected chi connectivity index (χ1v) is 9.59. The maximum absolute atomic E-state index is 12.6. The minimum atomic E-state index is -3.58. The smallest absolute Gasteiger partial charge is 0.338 e. The van der Waals surface area contributed by atoms with E-state index in [0.29, 0.717) is 16.5 Å². The molecule has 0 radical (unpaired) electrons. The van der Waals surface area contributed by atoms with Crippen LogP contribution in [0.2, 0.25) is 0 Å². The summed E-state index contributed by atoms with van der Waals surface area (Å²) in [6, 6.07) is 9.34. The molecule has 0 aliphatic heterocycles. The van der Waals surface area contributed by atoms with Crippen LogP contribution < -0.4 is 9.62 Å². The van der Waals surface area contributed by atoms with Crippen molar-refractivity contribution in [3.63, 3.8) is 0 Å². The Morgan fingerprint density at radius 3 is 2.22 bits per heavy atom. The molecule has 0 fully saturated rings. The fourth-order valence-corrected chi connectivity index (χ4v) is 3.33. The first-order chi connectivity index (χ1) is 12.6. The lowest BCUT2D eigenvalue weighted by molar-refractivity contribution is 0.242. The van der Waals surface area contributed by atoms with E-state index in [2.05, 4.69) is 4.72 Å². The number of nitrogens with one attached hydrogen (secondary N) is 1. The van der Waals surface area contributed by atoms with E-state index in [1.807, 2.05) is 0 Å². The van der Waals surface area contributed by atoms with Crippen LogP contribution in [-0.4, -0.2) is 47.6 Å². The molecule has 0 spiro atoms. The lowest BCUT2D eigenvalue weighted by Gasteiger charge is -2.21. The minimum Gasteiger partial charge on any atom is -0.505 e. The van der Waals surface area contributed by atoms with Gasteiger partial charge < -0.3 is 15.3 Å². The largest absolute Gasteiger partial charge is 0.505 e. The standard InChI is InChI=1S/C17H17N3O6S/c1-19(17(24)20-14(21)8-9-15(20)22)13-5-3-4-11-10(13)6-7-12(16(11)23)18-27(2,25)26/h3-9,18,21-23H,1-2H3. The van der Waals surface area contributed by atoms with Gasteiger partial charge in [0, 0.05) is 30.0 Å². The number of amides is 1. The summed E-state index contributed by atoms with van der Waals surface area (Å²) < 4.78 is 25.8. The number of carbonyl (C=O) groups is 1. The van der Waals surface area contributed by atoms with Crippen LogP contribution in [0.1, 0.15) is 0 Å². The minimum absolute atomic E-state index is 0.0110. The van der Waals surface area contributed by atoms with Crippen molar-refractivity contribution in [1.82, 2.24) is 4.57 Å². The molecular formula is C17H17N3O6S. The third-order valence-electron chi connectivity index (χ3n) is 3.98. The molecule has 0 atom stereocenters. The quantitative estimate of drug-likeness (QED) is 0.506. The Morgan fingerprint density at radius 2 is 1.63 bits per heavy atom. The van der Waals surface area contributed by atoms with Crippen LogP contribution in [0, 0.1) is 0 Å². The second-order valence-electron chi connectivity index (χ2n) is 5.93. The van der Waals surface area contributed by atoms with Crippen LogP contribution in [0.5, 0.6) is 17.5 Å². The van der Waals surface area contributed by atoms with Crippen LogP contribution in [0.25, 0.3) is 10.8 Å². The van der Waals surface area contributed by atoms with Crippen LogP contribution >= 0.6 is 0 Å². The van der Waals surface area contributed by atoms with E-state index in [1.54, 1.807) is 24.3 Å². The van der Waals surface area contributed by atoms with Crippen LogP contribution in [0.3, 0.4) is 0 Å². The summed E-state index contributed by atoms with van der Waals surface area (Å²) in [7, 11) is -2.14. The molecule has 1 aromatic heterocycles. The summed E-state index contributed by atoms with van der Waals surface area (Å²) in [5.74, 6) is -1.13. The monoisotopic (exact) mass is 391 g/mol. The lowest BCUT2D eigenvalue weighted by atomic mass is 10.1. The van der Waals surface area contributed by atoms with E-state index in [-0.39, 0.29) is 11.4 Å². The number of hydrogen-bond donors (Lipinski definition) is 4. The van der Waals surface area contributed by atoms with E-state index < -0.39 is 27.8 Å². The number of rotatable bonds is 3. The molecule has 3 aromatic rings. The van der Waals surface area contributed by atoms with Gasteiger partial charge in [0.15, 0.2) is 0 Å². The van der Waals surface area contributed by atoms with Gasteiger partial charge in [0.25, 0.3) is 0 Å². The number of fused-ring (bicyclic) bond motifs is 1. The van der Waals surface area contributed by atoms with Gasteiger partial charge in [0.1, 0.15) is 5.75 Å². The first-order valence-electron chi connectivity index (χ1n) is 7.70. The Hall–Kier alpha value is -3.40. The topological polar surface area (TPSA) is 132 Å². The van der Waals surface area contributed by atoms with Crippen LogP contribution in [-0.2, 0) is 10.0 Å². The summed E-state index contributed by atoms with van der Waals surface area (Å²) in [4.78, 5) is 13.8. The number of nitrogens with zero attached hydrogens (tertiary/aromatic N) is 2. The number of carbonyl (C=O) groups excluding carboxylic acids is 1.